The van der Waals surface area contributed by atoms with E-state index in [9.17, 15) is 13.6 Å². The number of anilines is 1. The fourth-order valence-electron chi connectivity index (χ4n) is 2.82. The van der Waals surface area contributed by atoms with Gasteiger partial charge in [-0.15, -0.1) is 0 Å². The average molecular weight is 392 g/mol. The molecule has 2 aromatic rings. The number of hydrogen-bond acceptors (Lipinski definition) is 4. The molecule has 0 radical (unpaired) electrons. The third-order valence-electron chi connectivity index (χ3n) is 4.32. The van der Waals surface area contributed by atoms with Crippen LogP contribution in [0.4, 0.5) is 14.5 Å². The van der Waals surface area contributed by atoms with Gasteiger partial charge in [-0.1, -0.05) is 23.9 Å². The summed E-state index contributed by atoms with van der Waals surface area (Å²) in [6.07, 6.45) is 2.20. The molecule has 1 N–H and O–H groups in total. The highest BCUT2D eigenvalue weighted by Crippen LogP contribution is 2.29. The minimum absolute atomic E-state index is 0.107. The summed E-state index contributed by atoms with van der Waals surface area (Å²) in [7, 11) is 1.63. The Kier molecular flexibility index (Phi) is 6.68. The molecule has 1 saturated carbocycles. The van der Waals surface area contributed by atoms with Gasteiger partial charge in [0.25, 0.3) is 5.76 Å². The number of carbonyl (C=O) groups is 1. The molecule has 0 bridgehead atoms. The van der Waals surface area contributed by atoms with Crippen LogP contribution in [-0.4, -0.2) is 36.3 Å². The zero-order chi connectivity index (χ0) is 19.2. The zero-order valence-electron chi connectivity index (χ0n) is 15.0. The van der Waals surface area contributed by atoms with Crippen molar-refractivity contribution in [2.75, 3.05) is 19.0 Å². The molecule has 3 rings (SSSR count). The Hall–Kier alpha value is -2.12. The minimum atomic E-state index is -2.45. The summed E-state index contributed by atoms with van der Waals surface area (Å²) >= 11 is 0.489. The van der Waals surface area contributed by atoms with E-state index < -0.39 is 5.76 Å². The normalized spacial score (nSPS) is 13.8. The number of nitrogens with zero attached hydrogens (tertiary/aromatic N) is 1. The van der Waals surface area contributed by atoms with E-state index in [0.29, 0.717) is 41.5 Å². The summed E-state index contributed by atoms with van der Waals surface area (Å²) in [5.74, 6) is -1.75. The van der Waals surface area contributed by atoms with Crippen LogP contribution >= 0.6 is 11.8 Å². The Morgan fingerprint density at radius 1 is 1.19 bits per heavy atom. The van der Waals surface area contributed by atoms with Gasteiger partial charge in [0.2, 0.25) is 5.91 Å². The molecule has 1 aliphatic carbocycles. The van der Waals surface area contributed by atoms with Crippen LogP contribution in [0.25, 0.3) is 0 Å². The Morgan fingerprint density at radius 2 is 1.85 bits per heavy atom. The van der Waals surface area contributed by atoms with Crippen molar-refractivity contribution in [2.24, 2.45) is 0 Å². The van der Waals surface area contributed by atoms with Crippen LogP contribution < -0.4 is 10.1 Å². The fraction of sp³-hybridized carbons (Fsp3) is 0.350. The van der Waals surface area contributed by atoms with Crippen molar-refractivity contribution in [2.45, 2.75) is 36.1 Å². The number of ether oxygens (including phenoxy) is 1. The molecular weight excluding hydrogens is 370 g/mol. The maximum Gasteiger partial charge on any atom is 0.288 e. The molecule has 1 amide bonds. The highest BCUT2D eigenvalue weighted by molar-refractivity contribution is 7.99. The number of methoxy groups -OCH3 is 1. The first-order valence-corrected chi connectivity index (χ1v) is 9.63. The Labute approximate surface area is 161 Å². The highest BCUT2D eigenvalue weighted by Gasteiger charge is 2.30. The van der Waals surface area contributed by atoms with Crippen molar-refractivity contribution in [1.82, 2.24) is 4.90 Å². The molecule has 1 aliphatic rings. The molecule has 7 heteroatoms. The summed E-state index contributed by atoms with van der Waals surface area (Å²) in [5.41, 5.74) is 1.74. The van der Waals surface area contributed by atoms with E-state index in [1.54, 1.807) is 31.4 Å². The second kappa shape index (κ2) is 9.19. The molecule has 4 nitrogen and oxygen atoms in total. The van der Waals surface area contributed by atoms with Crippen molar-refractivity contribution in [3.63, 3.8) is 0 Å². The fourth-order valence-corrected chi connectivity index (χ4v) is 3.32. The first-order chi connectivity index (χ1) is 13.0. The van der Waals surface area contributed by atoms with Crippen LogP contribution in [-0.2, 0) is 11.3 Å². The molecule has 0 heterocycles. The van der Waals surface area contributed by atoms with E-state index in [0.717, 1.165) is 24.2 Å². The summed E-state index contributed by atoms with van der Waals surface area (Å²) in [6, 6.07) is 14.7. The lowest BCUT2D eigenvalue weighted by Gasteiger charge is -2.21. The summed E-state index contributed by atoms with van der Waals surface area (Å²) in [5, 5.41) is 2.84. The quantitative estimate of drug-likeness (QED) is 0.633. The van der Waals surface area contributed by atoms with E-state index in [1.807, 2.05) is 24.3 Å². The van der Waals surface area contributed by atoms with E-state index in [4.69, 9.17) is 4.74 Å². The van der Waals surface area contributed by atoms with Gasteiger partial charge in [0, 0.05) is 23.2 Å². The van der Waals surface area contributed by atoms with Crippen LogP contribution in [0.3, 0.4) is 0 Å². The van der Waals surface area contributed by atoms with E-state index >= 15 is 0 Å². The maximum absolute atomic E-state index is 12.4. The highest BCUT2D eigenvalue weighted by atomic mass is 32.2. The molecule has 0 unspecified atom stereocenters. The Bertz CT molecular complexity index is 750. The maximum atomic E-state index is 12.4. The summed E-state index contributed by atoms with van der Waals surface area (Å²) in [6.45, 7) is 0.996. The number of amides is 1. The van der Waals surface area contributed by atoms with E-state index in [-0.39, 0.29) is 5.91 Å². The number of benzene rings is 2. The van der Waals surface area contributed by atoms with Crippen LogP contribution in [0.5, 0.6) is 5.75 Å². The lowest BCUT2D eigenvalue weighted by atomic mass is 10.2. The molecule has 144 valence electrons. The van der Waals surface area contributed by atoms with Crippen molar-refractivity contribution in [3.05, 3.63) is 54.1 Å². The number of halogens is 2. The van der Waals surface area contributed by atoms with Gasteiger partial charge >= 0.3 is 0 Å². The second-order valence-electron chi connectivity index (χ2n) is 6.44. The topological polar surface area (TPSA) is 41.6 Å². The minimum Gasteiger partial charge on any atom is -0.497 e. The molecule has 0 aromatic heterocycles. The van der Waals surface area contributed by atoms with Gasteiger partial charge < -0.3 is 10.1 Å². The van der Waals surface area contributed by atoms with Gasteiger partial charge in [-0.25, -0.2) is 0 Å². The van der Waals surface area contributed by atoms with Crippen LogP contribution in [0.1, 0.15) is 18.4 Å². The number of alkyl halides is 2. The van der Waals surface area contributed by atoms with Crippen LogP contribution in [0.15, 0.2) is 53.4 Å². The van der Waals surface area contributed by atoms with Crippen LogP contribution in [0, 0.1) is 0 Å². The standard InChI is InChI=1S/C20H22F2N2O2S/c1-26-17-8-2-14(3-9-17)12-24(16-6-7-16)13-19(25)23-15-4-10-18(11-5-15)27-20(21)22/h2-5,8-11,16,20H,6-7,12-13H2,1H3,(H,23,25). The first kappa shape index (κ1) is 19.6. The molecule has 2 aromatic carbocycles. The van der Waals surface area contributed by atoms with Gasteiger partial charge in [-0.3, -0.25) is 9.69 Å². The third kappa shape index (κ3) is 6.22. The molecular formula is C20H22F2N2O2S. The van der Waals surface area contributed by atoms with Crippen molar-refractivity contribution in [3.8, 4) is 5.75 Å². The number of thioether (sulfide) groups is 1. The van der Waals surface area contributed by atoms with E-state index in [1.165, 1.54) is 0 Å². The molecule has 1 fully saturated rings. The Balaban J connectivity index is 1.55. The van der Waals surface area contributed by atoms with Crippen molar-refractivity contribution >= 4 is 23.4 Å². The van der Waals surface area contributed by atoms with Gasteiger partial charge in [0.05, 0.1) is 13.7 Å². The van der Waals surface area contributed by atoms with Gasteiger partial charge in [0.15, 0.2) is 0 Å². The molecule has 0 saturated heterocycles. The second-order valence-corrected chi connectivity index (χ2v) is 7.50. The van der Waals surface area contributed by atoms with Crippen molar-refractivity contribution in [1.29, 1.82) is 0 Å². The number of carbonyl (C=O) groups excluding carboxylic acids is 1. The monoisotopic (exact) mass is 392 g/mol. The van der Waals surface area contributed by atoms with Gasteiger partial charge in [-0.05, 0) is 54.8 Å². The molecule has 0 spiro atoms. The molecule has 0 aliphatic heterocycles. The SMILES string of the molecule is COc1ccc(CN(CC(=O)Nc2ccc(SC(F)F)cc2)C2CC2)cc1. The van der Waals surface area contributed by atoms with Crippen LogP contribution in [0.2, 0.25) is 0 Å². The number of rotatable bonds is 9. The van der Waals surface area contributed by atoms with Gasteiger partial charge in [-0.2, -0.15) is 8.78 Å². The largest absolute Gasteiger partial charge is 0.497 e. The van der Waals surface area contributed by atoms with E-state index in [2.05, 4.69) is 10.2 Å². The molecule has 0 atom stereocenters. The van der Waals surface area contributed by atoms with Crippen molar-refractivity contribution < 1.29 is 18.3 Å². The lowest BCUT2D eigenvalue weighted by Crippen LogP contribution is -2.34. The number of nitrogens with one attached hydrogen (secondary N) is 1. The lowest BCUT2D eigenvalue weighted by molar-refractivity contribution is -0.117. The van der Waals surface area contributed by atoms with Gasteiger partial charge in [0.1, 0.15) is 5.75 Å². The number of hydrogen-bond donors (Lipinski definition) is 1. The smallest absolute Gasteiger partial charge is 0.288 e. The first-order valence-electron chi connectivity index (χ1n) is 8.75. The zero-order valence-corrected chi connectivity index (χ0v) is 15.8. The predicted molar refractivity (Wildman–Crippen MR) is 103 cm³/mol. The third-order valence-corrected chi connectivity index (χ3v) is 5.04. The molecule has 27 heavy (non-hydrogen) atoms. The summed E-state index contributed by atoms with van der Waals surface area (Å²) in [4.78, 5) is 15.0. The Morgan fingerprint density at radius 3 is 2.41 bits per heavy atom. The average Bonchev–Trinajstić information content (AvgIpc) is 3.48. The predicted octanol–water partition coefficient (Wildman–Crippen LogP) is 4.61. The summed E-state index contributed by atoms with van der Waals surface area (Å²) < 4.78 is 29.9.